The Hall–Kier alpha value is -2.94. The van der Waals surface area contributed by atoms with Gasteiger partial charge in [-0.3, -0.25) is 4.90 Å². The molecule has 9 heteroatoms. The molecular formula is C19H19F3N6. The lowest BCUT2D eigenvalue weighted by atomic mass is 10.1. The molecule has 0 bridgehead atoms. The highest BCUT2D eigenvalue weighted by Gasteiger charge is 2.31. The number of anilines is 1. The molecule has 2 heterocycles. The predicted molar refractivity (Wildman–Crippen MR) is 98.5 cm³/mol. The van der Waals surface area contributed by atoms with Crippen LogP contribution in [0.3, 0.4) is 0 Å². The summed E-state index contributed by atoms with van der Waals surface area (Å²) in [4.78, 5) is 5.67. The summed E-state index contributed by atoms with van der Waals surface area (Å²) in [5.41, 5.74) is 0.885. The summed E-state index contributed by atoms with van der Waals surface area (Å²) in [6, 6.07) is 15.1. The molecule has 0 aliphatic carbocycles. The monoisotopic (exact) mass is 388 g/mol. The van der Waals surface area contributed by atoms with E-state index >= 15 is 0 Å². The fourth-order valence-electron chi connectivity index (χ4n) is 3.21. The fraction of sp³-hybridized carbons (Fsp3) is 0.316. The highest BCUT2D eigenvalue weighted by Crippen LogP contribution is 2.31. The molecule has 6 nitrogen and oxygen atoms in total. The first-order valence-corrected chi connectivity index (χ1v) is 8.97. The molecule has 1 fully saturated rings. The van der Waals surface area contributed by atoms with Crippen LogP contribution in [-0.2, 0) is 12.8 Å². The third-order valence-corrected chi connectivity index (χ3v) is 4.72. The normalized spacial score (nSPS) is 15.8. The number of tetrazole rings is 1. The number of hydrogen-bond donors (Lipinski definition) is 0. The van der Waals surface area contributed by atoms with Gasteiger partial charge in [0, 0.05) is 37.4 Å². The number of nitrogens with zero attached hydrogens (tertiary/aromatic N) is 6. The first-order chi connectivity index (χ1) is 13.5. The molecule has 1 aliphatic rings. The summed E-state index contributed by atoms with van der Waals surface area (Å²) < 4.78 is 38.7. The lowest BCUT2D eigenvalue weighted by Gasteiger charge is -2.35. The molecule has 2 aromatic carbocycles. The van der Waals surface area contributed by atoms with Crippen molar-refractivity contribution in [3.8, 4) is 11.4 Å². The van der Waals surface area contributed by atoms with E-state index in [2.05, 4.69) is 20.3 Å². The summed E-state index contributed by atoms with van der Waals surface area (Å²) in [5, 5.41) is 12.6. The number of piperazine rings is 1. The molecule has 0 saturated carbocycles. The van der Waals surface area contributed by atoms with Crippen molar-refractivity contribution in [3.05, 3.63) is 60.2 Å². The zero-order chi connectivity index (χ0) is 19.6. The largest absolute Gasteiger partial charge is 0.416 e. The van der Waals surface area contributed by atoms with E-state index in [0.717, 1.165) is 11.6 Å². The van der Waals surface area contributed by atoms with Crippen molar-refractivity contribution in [1.29, 1.82) is 0 Å². The van der Waals surface area contributed by atoms with E-state index in [-0.39, 0.29) is 0 Å². The molecule has 4 rings (SSSR count). The lowest BCUT2D eigenvalue weighted by molar-refractivity contribution is -0.137. The Balaban J connectivity index is 1.36. The molecule has 3 aromatic rings. The van der Waals surface area contributed by atoms with Gasteiger partial charge in [-0.25, -0.2) is 0 Å². The van der Waals surface area contributed by atoms with E-state index in [4.69, 9.17) is 0 Å². The maximum atomic E-state index is 12.9. The third-order valence-electron chi connectivity index (χ3n) is 4.72. The standard InChI is InChI=1S/C19H19F3N6/c20-19(21,22)16-7-4-8-17(13-16)27-11-9-26(10-12-27)14-28-24-18(23-25-28)15-5-2-1-3-6-15/h1-8,13H,9-12,14H2. The Morgan fingerprint density at radius 2 is 1.64 bits per heavy atom. The van der Waals surface area contributed by atoms with Crippen molar-refractivity contribution in [2.75, 3.05) is 31.1 Å². The molecule has 0 amide bonds. The molecule has 0 atom stereocenters. The summed E-state index contributed by atoms with van der Waals surface area (Å²) in [6.07, 6.45) is -4.33. The van der Waals surface area contributed by atoms with Crippen LogP contribution < -0.4 is 4.90 Å². The Morgan fingerprint density at radius 1 is 0.893 bits per heavy atom. The zero-order valence-corrected chi connectivity index (χ0v) is 15.0. The second-order valence-corrected chi connectivity index (χ2v) is 6.65. The van der Waals surface area contributed by atoms with Crippen molar-refractivity contribution < 1.29 is 13.2 Å². The van der Waals surface area contributed by atoms with Gasteiger partial charge in [0.1, 0.15) is 6.67 Å². The molecule has 0 N–H and O–H groups in total. The Bertz CT molecular complexity index is 917. The maximum Gasteiger partial charge on any atom is 0.416 e. The van der Waals surface area contributed by atoms with Crippen molar-refractivity contribution in [3.63, 3.8) is 0 Å². The highest BCUT2D eigenvalue weighted by molar-refractivity contribution is 5.53. The average Bonchev–Trinajstić information content (AvgIpc) is 3.17. The summed E-state index contributed by atoms with van der Waals surface area (Å²) in [7, 11) is 0. The Kier molecular flexibility index (Phi) is 4.99. The van der Waals surface area contributed by atoms with Gasteiger partial charge in [-0.2, -0.15) is 13.2 Å². The lowest BCUT2D eigenvalue weighted by Crippen LogP contribution is -2.47. The Labute approximate surface area is 160 Å². The summed E-state index contributed by atoms with van der Waals surface area (Å²) in [5.74, 6) is 0.572. The number of hydrogen-bond acceptors (Lipinski definition) is 5. The SMILES string of the molecule is FC(F)(F)c1cccc(N2CCN(Cn3nnc(-c4ccccc4)n3)CC2)c1. The summed E-state index contributed by atoms with van der Waals surface area (Å²) >= 11 is 0. The van der Waals surface area contributed by atoms with Crippen molar-refractivity contribution in [2.24, 2.45) is 0 Å². The van der Waals surface area contributed by atoms with E-state index in [1.54, 1.807) is 10.9 Å². The topological polar surface area (TPSA) is 50.1 Å². The van der Waals surface area contributed by atoms with Crippen LogP contribution in [0.1, 0.15) is 5.56 Å². The van der Waals surface area contributed by atoms with E-state index in [1.165, 1.54) is 12.1 Å². The molecular weight excluding hydrogens is 369 g/mol. The van der Waals surface area contributed by atoms with Gasteiger partial charge in [-0.05, 0) is 23.4 Å². The third kappa shape index (κ3) is 4.14. The van der Waals surface area contributed by atoms with Gasteiger partial charge in [-0.1, -0.05) is 36.4 Å². The van der Waals surface area contributed by atoms with Crippen LogP contribution in [0.25, 0.3) is 11.4 Å². The quantitative estimate of drug-likeness (QED) is 0.687. The van der Waals surface area contributed by atoms with Crippen LogP contribution >= 0.6 is 0 Å². The van der Waals surface area contributed by atoms with Gasteiger partial charge in [0.05, 0.1) is 5.56 Å². The van der Waals surface area contributed by atoms with Crippen molar-refractivity contribution in [1.82, 2.24) is 25.1 Å². The minimum Gasteiger partial charge on any atom is -0.369 e. The van der Waals surface area contributed by atoms with Crippen LogP contribution in [-0.4, -0.2) is 51.3 Å². The second-order valence-electron chi connectivity index (χ2n) is 6.65. The molecule has 1 saturated heterocycles. The van der Waals surface area contributed by atoms with Gasteiger partial charge in [0.2, 0.25) is 5.82 Å². The number of aromatic nitrogens is 4. The van der Waals surface area contributed by atoms with Crippen molar-refractivity contribution in [2.45, 2.75) is 12.8 Å². The van der Waals surface area contributed by atoms with E-state index in [0.29, 0.717) is 44.4 Å². The average molecular weight is 388 g/mol. The fourth-order valence-corrected chi connectivity index (χ4v) is 3.21. The highest BCUT2D eigenvalue weighted by atomic mass is 19.4. The molecule has 1 aromatic heterocycles. The first kappa shape index (κ1) is 18.4. The molecule has 28 heavy (non-hydrogen) atoms. The first-order valence-electron chi connectivity index (χ1n) is 8.97. The minimum atomic E-state index is -4.33. The van der Waals surface area contributed by atoms with Crippen LogP contribution in [0.5, 0.6) is 0 Å². The number of alkyl halides is 3. The number of halogens is 3. The van der Waals surface area contributed by atoms with Crippen LogP contribution in [0.15, 0.2) is 54.6 Å². The second kappa shape index (κ2) is 7.59. The van der Waals surface area contributed by atoms with Gasteiger partial charge in [-0.15, -0.1) is 15.0 Å². The maximum absolute atomic E-state index is 12.9. The number of benzene rings is 2. The van der Waals surface area contributed by atoms with Gasteiger partial charge in [0.25, 0.3) is 0 Å². The minimum absolute atomic E-state index is 0.496. The van der Waals surface area contributed by atoms with Gasteiger partial charge in [0.15, 0.2) is 0 Å². The van der Waals surface area contributed by atoms with Crippen LogP contribution in [0, 0.1) is 0 Å². The Morgan fingerprint density at radius 3 is 2.36 bits per heavy atom. The van der Waals surface area contributed by atoms with E-state index < -0.39 is 11.7 Å². The predicted octanol–water partition coefficient (Wildman–Crippen LogP) is 3.14. The van der Waals surface area contributed by atoms with Gasteiger partial charge >= 0.3 is 6.18 Å². The van der Waals surface area contributed by atoms with Crippen molar-refractivity contribution >= 4 is 5.69 Å². The van der Waals surface area contributed by atoms with Crippen LogP contribution in [0.2, 0.25) is 0 Å². The van der Waals surface area contributed by atoms with Crippen LogP contribution in [0.4, 0.5) is 18.9 Å². The molecule has 146 valence electrons. The van der Waals surface area contributed by atoms with E-state index in [1.807, 2.05) is 35.2 Å². The zero-order valence-electron chi connectivity index (χ0n) is 15.0. The molecule has 0 unspecified atom stereocenters. The molecule has 1 aliphatic heterocycles. The molecule has 0 spiro atoms. The van der Waals surface area contributed by atoms with Gasteiger partial charge < -0.3 is 4.90 Å². The molecule has 0 radical (unpaired) electrons. The summed E-state index contributed by atoms with van der Waals surface area (Å²) in [6.45, 7) is 3.19. The van der Waals surface area contributed by atoms with E-state index in [9.17, 15) is 13.2 Å². The smallest absolute Gasteiger partial charge is 0.369 e. The number of rotatable bonds is 4.